The van der Waals surface area contributed by atoms with Crippen LogP contribution in [-0.4, -0.2) is 11.0 Å². The highest BCUT2D eigenvalue weighted by molar-refractivity contribution is 7.99. The van der Waals surface area contributed by atoms with Crippen molar-refractivity contribution in [2.45, 2.75) is 23.2 Å². The number of hydrogen-bond donors (Lipinski definition) is 1. The van der Waals surface area contributed by atoms with Crippen LogP contribution in [0.25, 0.3) is 0 Å². The average Bonchev–Trinajstić information content (AvgIpc) is 2.38. The lowest BCUT2D eigenvalue weighted by atomic mass is 10.1. The summed E-state index contributed by atoms with van der Waals surface area (Å²) >= 11 is 1.60. The Morgan fingerprint density at radius 1 is 1.17 bits per heavy atom. The third-order valence-corrected chi connectivity index (χ3v) is 4.00. The third-order valence-electron chi connectivity index (χ3n) is 2.56. The van der Waals surface area contributed by atoms with E-state index in [2.05, 4.69) is 4.98 Å². The van der Waals surface area contributed by atoms with Crippen LogP contribution in [0.3, 0.4) is 0 Å². The van der Waals surface area contributed by atoms with Gasteiger partial charge in [-0.15, -0.1) is 0 Å². The Morgan fingerprint density at radius 3 is 2.44 bits per heavy atom. The standard InChI is InChI=1S/C14H15FN2S/c1-10(16)14(11-5-7-12(15)8-6-11)18-13-4-2-3-9-17-13/h2-10,14H,16H2,1H3. The lowest BCUT2D eigenvalue weighted by Crippen LogP contribution is -2.22. The summed E-state index contributed by atoms with van der Waals surface area (Å²) < 4.78 is 12.9. The van der Waals surface area contributed by atoms with E-state index < -0.39 is 0 Å². The molecule has 0 aliphatic rings. The summed E-state index contributed by atoms with van der Waals surface area (Å²) in [6.07, 6.45) is 1.76. The minimum Gasteiger partial charge on any atom is -0.327 e. The molecule has 18 heavy (non-hydrogen) atoms. The first-order valence-electron chi connectivity index (χ1n) is 5.75. The molecule has 0 aliphatic carbocycles. The summed E-state index contributed by atoms with van der Waals surface area (Å²) in [5.74, 6) is -0.231. The van der Waals surface area contributed by atoms with E-state index in [0.29, 0.717) is 0 Å². The van der Waals surface area contributed by atoms with Crippen molar-refractivity contribution in [1.29, 1.82) is 0 Å². The monoisotopic (exact) mass is 262 g/mol. The second-order valence-electron chi connectivity index (χ2n) is 4.12. The number of halogens is 1. The van der Waals surface area contributed by atoms with E-state index in [1.54, 1.807) is 30.1 Å². The van der Waals surface area contributed by atoms with Gasteiger partial charge in [0.2, 0.25) is 0 Å². The van der Waals surface area contributed by atoms with E-state index in [4.69, 9.17) is 5.73 Å². The molecule has 0 fully saturated rings. The SMILES string of the molecule is CC(N)C(Sc1ccccn1)c1ccc(F)cc1. The van der Waals surface area contributed by atoms with E-state index in [1.807, 2.05) is 25.1 Å². The molecule has 2 rings (SSSR count). The van der Waals surface area contributed by atoms with Crippen molar-refractivity contribution in [2.24, 2.45) is 5.73 Å². The molecule has 1 aromatic heterocycles. The van der Waals surface area contributed by atoms with Crippen LogP contribution in [0.15, 0.2) is 53.7 Å². The number of rotatable bonds is 4. The van der Waals surface area contributed by atoms with Crippen LogP contribution in [0, 0.1) is 5.82 Å². The van der Waals surface area contributed by atoms with Crippen molar-refractivity contribution in [3.8, 4) is 0 Å². The van der Waals surface area contributed by atoms with Crippen molar-refractivity contribution in [2.75, 3.05) is 0 Å². The van der Waals surface area contributed by atoms with Crippen LogP contribution < -0.4 is 5.73 Å². The van der Waals surface area contributed by atoms with Gasteiger partial charge in [0.15, 0.2) is 0 Å². The zero-order chi connectivity index (χ0) is 13.0. The zero-order valence-corrected chi connectivity index (χ0v) is 10.9. The lowest BCUT2D eigenvalue weighted by Gasteiger charge is -2.20. The minimum absolute atomic E-state index is 0.0394. The molecule has 0 radical (unpaired) electrons. The molecule has 1 heterocycles. The normalized spacial score (nSPS) is 14.2. The molecular formula is C14H15FN2S. The first kappa shape index (κ1) is 13.1. The largest absolute Gasteiger partial charge is 0.327 e. The lowest BCUT2D eigenvalue weighted by molar-refractivity contribution is 0.625. The molecule has 1 aromatic carbocycles. The number of pyridine rings is 1. The summed E-state index contributed by atoms with van der Waals surface area (Å²) in [6.45, 7) is 1.95. The van der Waals surface area contributed by atoms with Crippen LogP contribution in [0.1, 0.15) is 17.7 Å². The Balaban J connectivity index is 2.21. The predicted molar refractivity (Wildman–Crippen MR) is 72.9 cm³/mol. The van der Waals surface area contributed by atoms with Gasteiger partial charge in [-0.2, -0.15) is 0 Å². The first-order valence-corrected chi connectivity index (χ1v) is 6.63. The molecule has 0 amide bonds. The molecule has 2 atom stereocenters. The molecule has 0 spiro atoms. The summed E-state index contributed by atoms with van der Waals surface area (Å²) in [6, 6.07) is 12.2. The van der Waals surface area contributed by atoms with Crippen molar-refractivity contribution < 1.29 is 4.39 Å². The van der Waals surface area contributed by atoms with Crippen LogP contribution in [-0.2, 0) is 0 Å². The fourth-order valence-corrected chi connectivity index (χ4v) is 2.73. The number of aromatic nitrogens is 1. The highest BCUT2D eigenvalue weighted by Crippen LogP contribution is 2.35. The topological polar surface area (TPSA) is 38.9 Å². The first-order chi connectivity index (χ1) is 8.66. The maximum atomic E-state index is 12.9. The van der Waals surface area contributed by atoms with Gasteiger partial charge in [0, 0.05) is 12.2 Å². The van der Waals surface area contributed by atoms with Crippen LogP contribution in [0.2, 0.25) is 0 Å². The van der Waals surface area contributed by atoms with Gasteiger partial charge < -0.3 is 5.73 Å². The van der Waals surface area contributed by atoms with E-state index in [9.17, 15) is 4.39 Å². The van der Waals surface area contributed by atoms with E-state index in [-0.39, 0.29) is 17.1 Å². The Hall–Kier alpha value is -1.39. The summed E-state index contributed by atoms with van der Waals surface area (Å²) in [5.41, 5.74) is 7.03. The van der Waals surface area contributed by atoms with Gasteiger partial charge in [0.05, 0.1) is 10.3 Å². The molecule has 2 nitrogen and oxygen atoms in total. The quantitative estimate of drug-likeness (QED) is 0.858. The van der Waals surface area contributed by atoms with Crippen LogP contribution in [0.4, 0.5) is 4.39 Å². The van der Waals surface area contributed by atoms with Crippen molar-refractivity contribution in [3.63, 3.8) is 0 Å². The summed E-state index contributed by atoms with van der Waals surface area (Å²) in [5, 5.41) is 0.990. The summed E-state index contributed by atoms with van der Waals surface area (Å²) in [7, 11) is 0. The van der Waals surface area contributed by atoms with Crippen LogP contribution >= 0.6 is 11.8 Å². The van der Waals surface area contributed by atoms with Gasteiger partial charge in [0.25, 0.3) is 0 Å². The van der Waals surface area contributed by atoms with Gasteiger partial charge >= 0.3 is 0 Å². The van der Waals surface area contributed by atoms with Gasteiger partial charge in [0.1, 0.15) is 5.82 Å². The van der Waals surface area contributed by atoms with Crippen molar-refractivity contribution in [1.82, 2.24) is 4.98 Å². The predicted octanol–water partition coefficient (Wildman–Crippen LogP) is 3.40. The van der Waals surface area contributed by atoms with Crippen molar-refractivity contribution in [3.05, 3.63) is 60.0 Å². The Morgan fingerprint density at radius 2 is 1.89 bits per heavy atom. The van der Waals surface area contributed by atoms with E-state index in [0.717, 1.165) is 10.6 Å². The number of hydrogen-bond acceptors (Lipinski definition) is 3. The highest BCUT2D eigenvalue weighted by Gasteiger charge is 2.18. The maximum Gasteiger partial charge on any atom is 0.123 e. The van der Waals surface area contributed by atoms with Gasteiger partial charge in [-0.3, -0.25) is 0 Å². The van der Waals surface area contributed by atoms with Crippen LogP contribution in [0.5, 0.6) is 0 Å². The second-order valence-corrected chi connectivity index (χ2v) is 5.28. The van der Waals surface area contributed by atoms with Gasteiger partial charge in [-0.05, 0) is 36.8 Å². The maximum absolute atomic E-state index is 12.9. The van der Waals surface area contributed by atoms with Gasteiger partial charge in [-0.25, -0.2) is 9.37 Å². The molecule has 2 unspecified atom stereocenters. The zero-order valence-electron chi connectivity index (χ0n) is 10.1. The molecule has 0 saturated carbocycles. The molecule has 94 valence electrons. The summed E-state index contributed by atoms with van der Waals surface area (Å²) in [4.78, 5) is 4.28. The highest BCUT2D eigenvalue weighted by atomic mass is 32.2. The number of benzene rings is 1. The smallest absolute Gasteiger partial charge is 0.123 e. The number of nitrogens with zero attached hydrogens (tertiary/aromatic N) is 1. The third kappa shape index (κ3) is 3.31. The Kier molecular flexibility index (Phi) is 4.33. The van der Waals surface area contributed by atoms with E-state index >= 15 is 0 Å². The number of nitrogens with two attached hydrogens (primary N) is 1. The Bertz CT molecular complexity index is 485. The van der Waals surface area contributed by atoms with E-state index in [1.165, 1.54) is 12.1 Å². The number of thioether (sulfide) groups is 1. The molecule has 2 N–H and O–H groups in total. The fraction of sp³-hybridized carbons (Fsp3) is 0.214. The van der Waals surface area contributed by atoms with Crippen molar-refractivity contribution >= 4 is 11.8 Å². The average molecular weight is 262 g/mol. The molecule has 0 saturated heterocycles. The molecular weight excluding hydrogens is 247 g/mol. The molecule has 0 bridgehead atoms. The Labute approximate surface area is 110 Å². The van der Waals surface area contributed by atoms with Gasteiger partial charge in [-0.1, -0.05) is 30.0 Å². The second kappa shape index (κ2) is 5.98. The molecule has 2 aromatic rings. The fourth-order valence-electron chi connectivity index (χ4n) is 1.68. The molecule has 4 heteroatoms. The minimum atomic E-state index is -0.231. The molecule has 0 aliphatic heterocycles.